The van der Waals surface area contributed by atoms with Crippen molar-refractivity contribution in [2.45, 2.75) is 18.3 Å². The zero-order valence-corrected chi connectivity index (χ0v) is 13.8. The molecule has 0 saturated carbocycles. The second-order valence-electron chi connectivity index (χ2n) is 6.23. The molecule has 2 aromatic rings. The van der Waals surface area contributed by atoms with Crippen molar-refractivity contribution < 1.29 is 9.59 Å². The highest BCUT2D eigenvalue weighted by Gasteiger charge is 2.51. The van der Waals surface area contributed by atoms with Crippen LogP contribution in [0.2, 0.25) is 0 Å². The average Bonchev–Trinajstić information content (AvgIpc) is 3.20. The summed E-state index contributed by atoms with van der Waals surface area (Å²) in [5.74, 6) is 0.254. The molecule has 4 rings (SSSR count). The van der Waals surface area contributed by atoms with Gasteiger partial charge in [0.25, 0.3) is 5.91 Å². The van der Waals surface area contributed by atoms with Gasteiger partial charge in [0.15, 0.2) is 0 Å². The molecule has 1 fully saturated rings. The molecule has 3 heterocycles. The minimum atomic E-state index is -0.447. The molecule has 1 aromatic heterocycles. The Morgan fingerprint density at radius 3 is 2.57 bits per heavy atom. The van der Waals surface area contributed by atoms with Crippen LogP contribution in [0.15, 0.2) is 41.8 Å². The fourth-order valence-electron chi connectivity index (χ4n) is 3.85. The number of amides is 2. The third kappa shape index (κ3) is 2.03. The number of para-hydroxylation sites is 1. The highest BCUT2D eigenvalue weighted by atomic mass is 32.1. The van der Waals surface area contributed by atoms with Crippen LogP contribution in [0.4, 0.5) is 5.69 Å². The Morgan fingerprint density at radius 2 is 1.87 bits per heavy atom. The van der Waals surface area contributed by atoms with E-state index in [4.69, 9.17) is 0 Å². The molecule has 1 saturated heterocycles. The van der Waals surface area contributed by atoms with E-state index >= 15 is 0 Å². The molecule has 0 unspecified atom stereocenters. The molecule has 2 aliphatic rings. The van der Waals surface area contributed by atoms with E-state index in [2.05, 4.69) is 6.07 Å². The lowest BCUT2D eigenvalue weighted by Gasteiger charge is -2.38. The fraction of sp³-hybridized carbons (Fsp3) is 0.333. The number of rotatable bonds is 1. The number of anilines is 1. The number of carbonyl (C=O) groups excluding carboxylic acids is 2. The Balaban J connectivity index is 1.60. The fourth-order valence-corrected chi connectivity index (χ4v) is 4.54. The number of hydrogen-bond acceptors (Lipinski definition) is 3. The summed E-state index contributed by atoms with van der Waals surface area (Å²) in [4.78, 5) is 29.8. The first-order valence-corrected chi connectivity index (χ1v) is 8.72. The highest BCUT2D eigenvalue weighted by Crippen LogP contribution is 2.47. The van der Waals surface area contributed by atoms with Crippen molar-refractivity contribution in [3.63, 3.8) is 0 Å². The maximum atomic E-state index is 12.9. The molecule has 0 atom stereocenters. The molecule has 4 nitrogen and oxygen atoms in total. The summed E-state index contributed by atoms with van der Waals surface area (Å²) >= 11 is 1.47. The lowest BCUT2D eigenvalue weighted by Crippen LogP contribution is -2.49. The zero-order chi connectivity index (χ0) is 16.0. The Labute approximate surface area is 139 Å². The van der Waals surface area contributed by atoms with E-state index in [1.165, 1.54) is 11.3 Å². The number of thiophene rings is 1. The molecule has 0 aliphatic carbocycles. The molecule has 1 spiro atoms. The van der Waals surface area contributed by atoms with E-state index in [1.807, 2.05) is 47.7 Å². The minimum absolute atomic E-state index is 0.0851. The smallest absolute Gasteiger partial charge is 0.263 e. The van der Waals surface area contributed by atoms with Crippen molar-refractivity contribution in [1.29, 1.82) is 0 Å². The molecule has 23 heavy (non-hydrogen) atoms. The van der Waals surface area contributed by atoms with Crippen molar-refractivity contribution in [3.05, 3.63) is 52.2 Å². The molecule has 5 heteroatoms. The molecule has 0 bridgehead atoms. The number of likely N-dealkylation sites (tertiary alicyclic amines) is 1. The standard InChI is InChI=1S/C18H18N2O2S/c1-19-14-6-3-2-5-13(14)18(17(19)22)8-10-20(11-9-18)16(21)15-7-4-12-23-15/h2-7,12H,8-11H2,1H3. The topological polar surface area (TPSA) is 40.6 Å². The predicted octanol–water partition coefficient (Wildman–Crippen LogP) is 2.90. The summed E-state index contributed by atoms with van der Waals surface area (Å²) < 4.78 is 0. The van der Waals surface area contributed by atoms with Gasteiger partial charge in [0.05, 0.1) is 10.3 Å². The Kier molecular flexibility index (Phi) is 3.27. The van der Waals surface area contributed by atoms with Gasteiger partial charge in [-0.15, -0.1) is 11.3 Å². The Morgan fingerprint density at radius 1 is 1.13 bits per heavy atom. The number of fused-ring (bicyclic) bond motifs is 2. The minimum Gasteiger partial charge on any atom is -0.338 e. The number of carbonyl (C=O) groups is 2. The Hall–Kier alpha value is -2.14. The normalized spacial score (nSPS) is 19.3. The van der Waals surface area contributed by atoms with E-state index < -0.39 is 5.41 Å². The van der Waals surface area contributed by atoms with Gasteiger partial charge < -0.3 is 9.80 Å². The lowest BCUT2D eigenvalue weighted by molar-refractivity contribution is -0.124. The summed E-state index contributed by atoms with van der Waals surface area (Å²) in [6.07, 6.45) is 1.40. The van der Waals surface area contributed by atoms with Crippen molar-refractivity contribution in [1.82, 2.24) is 4.90 Å². The highest BCUT2D eigenvalue weighted by molar-refractivity contribution is 7.12. The van der Waals surface area contributed by atoms with Crippen LogP contribution in [-0.4, -0.2) is 36.9 Å². The van der Waals surface area contributed by atoms with Crippen LogP contribution in [0.5, 0.6) is 0 Å². The maximum Gasteiger partial charge on any atom is 0.263 e. The van der Waals surface area contributed by atoms with Crippen LogP contribution in [0, 0.1) is 0 Å². The van der Waals surface area contributed by atoms with E-state index in [0.717, 1.165) is 16.1 Å². The van der Waals surface area contributed by atoms with Crippen molar-refractivity contribution in [2.75, 3.05) is 25.0 Å². The molecular formula is C18H18N2O2S. The van der Waals surface area contributed by atoms with Gasteiger partial charge in [-0.2, -0.15) is 0 Å². The van der Waals surface area contributed by atoms with Gasteiger partial charge in [-0.1, -0.05) is 24.3 Å². The van der Waals surface area contributed by atoms with Gasteiger partial charge >= 0.3 is 0 Å². The van der Waals surface area contributed by atoms with Gasteiger partial charge in [-0.05, 0) is 35.9 Å². The summed E-state index contributed by atoms with van der Waals surface area (Å²) in [6.45, 7) is 1.26. The molecule has 2 amide bonds. The maximum absolute atomic E-state index is 12.9. The first-order chi connectivity index (χ1) is 11.1. The van der Waals surface area contributed by atoms with E-state index in [9.17, 15) is 9.59 Å². The monoisotopic (exact) mass is 326 g/mol. The summed E-state index contributed by atoms with van der Waals surface area (Å²) in [5, 5.41) is 1.92. The summed E-state index contributed by atoms with van der Waals surface area (Å²) in [7, 11) is 1.85. The molecule has 0 N–H and O–H groups in total. The average molecular weight is 326 g/mol. The van der Waals surface area contributed by atoms with E-state index in [-0.39, 0.29) is 11.8 Å². The SMILES string of the molecule is CN1C(=O)C2(CCN(C(=O)c3cccs3)CC2)c2ccccc21. The van der Waals surface area contributed by atoms with Crippen molar-refractivity contribution in [2.24, 2.45) is 0 Å². The van der Waals surface area contributed by atoms with Crippen LogP contribution in [0.1, 0.15) is 28.1 Å². The first kappa shape index (κ1) is 14.5. The van der Waals surface area contributed by atoms with Crippen LogP contribution >= 0.6 is 11.3 Å². The van der Waals surface area contributed by atoms with Crippen molar-refractivity contribution >= 4 is 28.8 Å². The van der Waals surface area contributed by atoms with Gasteiger partial charge in [-0.3, -0.25) is 9.59 Å². The number of nitrogens with zero attached hydrogens (tertiary/aromatic N) is 2. The third-order valence-corrected chi connectivity index (χ3v) is 5.99. The van der Waals surface area contributed by atoms with Crippen LogP contribution in [0.25, 0.3) is 0 Å². The van der Waals surface area contributed by atoms with Gasteiger partial charge in [-0.25, -0.2) is 0 Å². The van der Waals surface area contributed by atoms with Crippen LogP contribution < -0.4 is 4.90 Å². The van der Waals surface area contributed by atoms with Crippen LogP contribution in [0.3, 0.4) is 0 Å². The largest absolute Gasteiger partial charge is 0.338 e. The molecular weight excluding hydrogens is 308 g/mol. The van der Waals surface area contributed by atoms with E-state index in [0.29, 0.717) is 25.9 Å². The summed E-state index contributed by atoms with van der Waals surface area (Å²) in [6, 6.07) is 11.8. The van der Waals surface area contributed by atoms with Gasteiger partial charge in [0.1, 0.15) is 0 Å². The third-order valence-electron chi connectivity index (χ3n) is 5.13. The second kappa shape index (κ2) is 5.20. The number of hydrogen-bond donors (Lipinski definition) is 0. The quantitative estimate of drug-likeness (QED) is 0.808. The number of benzene rings is 1. The van der Waals surface area contributed by atoms with Gasteiger partial charge in [0.2, 0.25) is 5.91 Å². The first-order valence-electron chi connectivity index (χ1n) is 7.84. The number of likely N-dealkylation sites (N-methyl/N-ethyl adjacent to an activating group) is 1. The lowest BCUT2D eigenvalue weighted by atomic mass is 9.73. The molecule has 0 radical (unpaired) electrons. The Bertz CT molecular complexity index is 761. The second-order valence-corrected chi connectivity index (χ2v) is 7.18. The molecule has 1 aromatic carbocycles. The van der Waals surface area contributed by atoms with E-state index in [1.54, 1.807) is 4.90 Å². The zero-order valence-electron chi connectivity index (χ0n) is 13.0. The van der Waals surface area contributed by atoms with Crippen LogP contribution in [-0.2, 0) is 10.2 Å². The number of piperidine rings is 1. The van der Waals surface area contributed by atoms with Gasteiger partial charge in [0, 0.05) is 25.8 Å². The summed E-state index contributed by atoms with van der Waals surface area (Å²) in [5.41, 5.74) is 1.68. The molecule has 118 valence electrons. The van der Waals surface area contributed by atoms with Crippen molar-refractivity contribution in [3.8, 4) is 0 Å². The molecule has 2 aliphatic heterocycles. The predicted molar refractivity (Wildman–Crippen MR) is 91.0 cm³/mol.